The van der Waals surface area contributed by atoms with Crippen LogP contribution < -0.4 is 19.5 Å². The number of aliphatic hydroxyl groups is 1. The third-order valence-electron chi connectivity index (χ3n) is 3.85. The first-order chi connectivity index (χ1) is 12.1. The summed E-state index contributed by atoms with van der Waals surface area (Å²) < 4.78 is 16.1. The molecule has 26 heavy (non-hydrogen) atoms. The number of halogens is 1. The third-order valence-corrected chi connectivity index (χ3v) is 3.85. The molecule has 2 aromatic carbocycles. The smallest absolute Gasteiger partial charge is 0.160 e. The topological polar surface area (TPSA) is 60.0 Å². The fourth-order valence-corrected chi connectivity index (χ4v) is 2.49. The van der Waals surface area contributed by atoms with Crippen molar-refractivity contribution < 1.29 is 19.3 Å². The Hall–Kier alpha value is -1.95. The van der Waals surface area contributed by atoms with Gasteiger partial charge in [0.1, 0.15) is 18.5 Å². The summed E-state index contributed by atoms with van der Waals surface area (Å²) in [4.78, 5) is 0. The van der Waals surface area contributed by atoms with Crippen molar-refractivity contribution in [3.63, 3.8) is 0 Å². The monoisotopic (exact) mass is 381 g/mol. The number of methoxy groups -OCH3 is 2. The first kappa shape index (κ1) is 22.1. The van der Waals surface area contributed by atoms with Gasteiger partial charge in [0.15, 0.2) is 11.5 Å². The minimum absolute atomic E-state index is 0. The summed E-state index contributed by atoms with van der Waals surface area (Å²) in [6.07, 6.45) is 0.289. The molecule has 0 fully saturated rings. The molecule has 0 heterocycles. The third kappa shape index (κ3) is 7.12. The van der Waals surface area contributed by atoms with Crippen molar-refractivity contribution in [1.29, 1.82) is 0 Å². The van der Waals surface area contributed by atoms with E-state index in [0.29, 0.717) is 6.54 Å². The van der Waals surface area contributed by atoms with Crippen LogP contribution in [0.2, 0.25) is 0 Å². The Morgan fingerprint density at radius 3 is 2.50 bits per heavy atom. The number of hydrogen-bond donors (Lipinski definition) is 2. The molecule has 0 bridgehead atoms. The highest BCUT2D eigenvalue weighted by atomic mass is 35.5. The fourth-order valence-electron chi connectivity index (χ4n) is 2.49. The summed E-state index contributed by atoms with van der Waals surface area (Å²) in [6.45, 7) is 3.53. The molecule has 0 unspecified atom stereocenters. The zero-order chi connectivity index (χ0) is 18.1. The highest BCUT2D eigenvalue weighted by Crippen LogP contribution is 2.27. The SMILES string of the molecule is COc1ccc(CCNC[C@@H](O)COc2cccc(C)c2)cc1OC.Cl. The zero-order valence-electron chi connectivity index (χ0n) is 15.5. The average Bonchev–Trinajstić information content (AvgIpc) is 2.63. The summed E-state index contributed by atoms with van der Waals surface area (Å²) in [5, 5.41) is 13.2. The second-order valence-corrected chi connectivity index (χ2v) is 5.92. The zero-order valence-corrected chi connectivity index (χ0v) is 16.3. The quantitative estimate of drug-likeness (QED) is 0.619. The molecule has 5 nitrogen and oxygen atoms in total. The van der Waals surface area contributed by atoms with Gasteiger partial charge in [0, 0.05) is 6.54 Å². The Morgan fingerprint density at radius 2 is 1.81 bits per heavy atom. The van der Waals surface area contributed by atoms with Gasteiger partial charge in [0.25, 0.3) is 0 Å². The molecule has 2 N–H and O–H groups in total. The van der Waals surface area contributed by atoms with Crippen LogP contribution in [0.25, 0.3) is 0 Å². The van der Waals surface area contributed by atoms with E-state index in [1.165, 1.54) is 0 Å². The molecule has 2 aromatic rings. The second kappa shape index (κ2) is 11.6. The van der Waals surface area contributed by atoms with E-state index in [0.717, 1.165) is 41.3 Å². The predicted octanol–water partition coefficient (Wildman–Crippen LogP) is 3.01. The lowest BCUT2D eigenvalue weighted by Gasteiger charge is -2.14. The van der Waals surface area contributed by atoms with Crippen molar-refractivity contribution in [1.82, 2.24) is 5.32 Å². The van der Waals surface area contributed by atoms with Crippen molar-refractivity contribution >= 4 is 12.4 Å². The minimum atomic E-state index is -0.550. The molecule has 6 heteroatoms. The maximum Gasteiger partial charge on any atom is 0.160 e. The van der Waals surface area contributed by atoms with Gasteiger partial charge < -0.3 is 24.6 Å². The van der Waals surface area contributed by atoms with Crippen LogP contribution in [0.1, 0.15) is 11.1 Å². The van der Waals surface area contributed by atoms with Gasteiger partial charge in [-0.3, -0.25) is 0 Å². The molecule has 2 rings (SSSR count). The van der Waals surface area contributed by atoms with Gasteiger partial charge in [0.2, 0.25) is 0 Å². The summed E-state index contributed by atoms with van der Waals surface area (Å²) in [7, 11) is 3.25. The number of nitrogens with one attached hydrogen (secondary N) is 1. The standard InChI is InChI=1S/C20H27NO4.ClH/c1-15-5-4-6-18(11-15)25-14-17(22)13-21-10-9-16-7-8-19(23-2)20(12-16)24-3;/h4-8,11-12,17,21-22H,9-10,13-14H2,1-3H3;1H/t17-;/m1./s1. The van der Waals surface area contributed by atoms with E-state index in [9.17, 15) is 5.11 Å². The Balaban J connectivity index is 0.00000338. The number of rotatable bonds is 10. The van der Waals surface area contributed by atoms with Crippen molar-refractivity contribution in [2.45, 2.75) is 19.4 Å². The summed E-state index contributed by atoms with van der Waals surface area (Å²) >= 11 is 0. The Kier molecular flexibility index (Phi) is 9.88. The van der Waals surface area contributed by atoms with Gasteiger partial charge >= 0.3 is 0 Å². The lowest BCUT2D eigenvalue weighted by Crippen LogP contribution is -2.32. The summed E-state index contributed by atoms with van der Waals surface area (Å²) in [5.41, 5.74) is 2.29. The summed E-state index contributed by atoms with van der Waals surface area (Å²) in [6, 6.07) is 13.7. The summed E-state index contributed by atoms with van der Waals surface area (Å²) in [5.74, 6) is 2.24. The number of aryl methyl sites for hydroxylation is 1. The lowest BCUT2D eigenvalue weighted by atomic mass is 10.1. The van der Waals surface area contributed by atoms with Crippen LogP contribution in [-0.4, -0.2) is 45.1 Å². The first-order valence-corrected chi connectivity index (χ1v) is 8.41. The fraction of sp³-hybridized carbons (Fsp3) is 0.400. The second-order valence-electron chi connectivity index (χ2n) is 5.92. The number of aliphatic hydroxyl groups excluding tert-OH is 1. The molecular weight excluding hydrogens is 354 g/mol. The van der Waals surface area contributed by atoms with Gasteiger partial charge in [-0.2, -0.15) is 0 Å². The van der Waals surface area contributed by atoms with Crippen molar-refractivity contribution in [3.8, 4) is 17.2 Å². The number of ether oxygens (including phenoxy) is 3. The van der Waals surface area contributed by atoms with Gasteiger partial charge in [-0.25, -0.2) is 0 Å². The van der Waals surface area contributed by atoms with E-state index in [2.05, 4.69) is 5.32 Å². The molecular formula is C20H28ClNO4. The lowest BCUT2D eigenvalue weighted by molar-refractivity contribution is 0.106. The Bertz CT molecular complexity index is 666. The average molecular weight is 382 g/mol. The normalized spacial score (nSPS) is 11.4. The van der Waals surface area contributed by atoms with Gasteiger partial charge in [0.05, 0.1) is 14.2 Å². The highest BCUT2D eigenvalue weighted by Gasteiger charge is 2.07. The molecule has 0 amide bonds. The maximum atomic E-state index is 10.0. The van der Waals surface area contributed by atoms with E-state index in [1.807, 2.05) is 49.4 Å². The van der Waals surface area contributed by atoms with E-state index in [4.69, 9.17) is 14.2 Å². The highest BCUT2D eigenvalue weighted by molar-refractivity contribution is 5.85. The van der Waals surface area contributed by atoms with Gasteiger partial charge in [-0.05, 0) is 55.3 Å². The molecule has 0 aromatic heterocycles. The van der Waals surface area contributed by atoms with Crippen LogP contribution in [0.3, 0.4) is 0 Å². The van der Waals surface area contributed by atoms with Crippen molar-refractivity contribution in [3.05, 3.63) is 53.6 Å². The molecule has 0 aliphatic rings. The van der Waals surface area contributed by atoms with Gasteiger partial charge in [-0.15, -0.1) is 12.4 Å². The molecule has 0 saturated heterocycles. The van der Waals surface area contributed by atoms with Crippen molar-refractivity contribution in [2.24, 2.45) is 0 Å². The van der Waals surface area contributed by atoms with Crippen LogP contribution in [0, 0.1) is 6.92 Å². The minimum Gasteiger partial charge on any atom is -0.493 e. The van der Waals surface area contributed by atoms with Crippen LogP contribution in [0.4, 0.5) is 0 Å². The Morgan fingerprint density at radius 1 is 1.04 bits per heavy atom. The van der Waals surface area contributed by atoms with E-state index < -0.39 is 6.10 Å². The maximum absolute atomic E-state index is 10.0. The molecule has 0 aliphatic heterocycles. The van der Waals surface area contributed by atoms with E-state index >= 15 is 0 Å². The van der Waals surface area contributed by atoms with Crippen LogP contribution in [-0.2, 0) is 6.42 Å². The van der Waals surface area contributed by atoms with E-state index in [1.54, 1.807) is 14.2 Å². The number of hydrogen-bond acceptors (Lipinski definition) is 5. The Labute approximate surface area is 161 Å². The van der Waals surface area contributed by atoms with Crippen molar-refractivity contribution in [2.75, 3.05) is 33.9 Å². The largest absolute Gasteiger partial charge is 0.493 e. The molecule has 1 atom stereocenters. The van der Waals surface area contributed by atoms with Crippen LogP contribution in [0.15, 0.2) is 42.5 Å². The van der Waals surface area contributed by atoms with Crippen LogP contribution in [0.5, 0.6) is 17.2 Å². The first-order valence-electron chi connectivity index (χ1n) is 8.41. The molecule has 0 radical (unpaired) electrons. The number of benzene rings is 2. The van der Waals surface area contributed by atoms with Crippen LogP contribution >= 0.6 is 12.4 Å². The van der Waals surface area contributed by atoms with E-state index in [-0.39, 0.29) is 19.0 Å². The molecule has 0 aliphatic carbocycles. The predicted molar refractivity (Wildman–Crippen MR) is 106 cm³/mol. The molecule has 144 valence electrons. The molecule has 0 spiro atoms. The molecule has 0 saturated carbocycles. The van der Waals surface area contributed by atoms with Gasteiger partial charge in [-0.1, -0.05) is 18.2 Å².